The summed E-state index contributed by atoms with van der Waals surface area (Å²) in [4.78, 5) is 16.0. The highest BCUT2D eigenvalue weighted by Gasteiger charge is 2.03. The van der Waals surface area contributed by atoms with Gasteiger partial charge in [0.25, 0.3) is 0 Å². The van der Waals surface area contributed by atoms with Crippen LogP contribution >= 0.6 is 0 Å². The molecule has 0 amide bonds. The first kappa shape index (κ1) is 11.9. The fourth-order valence-corrected chi connectivity index (χ4v) is 0.965. The van der Waals surface area contributed by atoms with Gasteiger partial charge in [0.05, 0.1) is 11.8 Å². The van der Waals surface area contributed by atoms with Crippen LogP contribution in [0.3, 0.4) is 0 Å². The first-order valence-corrected chi connectivity index (χ1v) is 4.92. The molecule has 1 aromatic carbocycles. The minimum Gasteiger partial charge on any atom is -0.313 e. The van der Waals surface area contributed by atoms with Gasteiger partial charge in [0.1, 0.15) is 0 Å². The molecule has 0 aliphatic carbocycles. The summed E-state index contributed by atoms with van der Waals surface area (Å²) in [6.45, 7) is 1.91. The topological polar surface area (TPSA) is 38.7 Å². The molecular formula is C13H13NO2. The quantitative estimate of drug-likeness (QED) is 0.335. The molecule has 16 heavy (non-hydrogen) atoms. The minimum atomic E-state index is -0.462. The normalized spacial score (nSPS) is 11.6. The molecule has 0 saturated carbocycles. The van der Waals surface area contributed by atoms with Crippen LogP contribution in [0, 0.1) is 0 Å². The minimum absolute atomic E-state index is 0.462. The van der Waals surface area contributed by atoms with Crippen molar-refractivity contribution in [3.8, 4) is 0 Å². The molecule has 3 heteroatoms. The molecule has 0 aliphatic rings. The second kappa shape index (κ2) is 7.17. The highest BCUT2D eigenvalue weighted by molar-refractivity contribution is 5.89. The van der Waals surface area contributed by atoms with Gasteiger partial charge in [-0.25, -0.2) is 4.79 Å². The molecule has 0 aromatic heterocycles. The van der Waals surface area contributed by atoms with Crippen molar-refractivity contribution in [1.82, 2.24) is 0 Å². The van der Waals surface area contributed by atoms with Gasteiger partial charge in [0, 0.05) is 0 Å². The Kier molecular flexibility index (Phi) is 5.34. The highest BCUT2D eigenvalue weighted by atomic mass is 16.7. The van der Waals surface area contributed by atoms with E-state index in [2.05, 4.69) is 9.99 Å². The van der Waals surface area contributed by atoms with Crippen LogP contribution in [-0.2, 0) is 4.84 Å². The Morgan fingerprint density at radius 3 is 2.62 bits per heavy atom. The Bertz CT molecular complexity index is 405. The van der Waals surface area contributed by atoms with E-state index in [-0.39, 0.29) is 0 Å². The Hall–Kier alpha value is -2.16. The van der Waals surface area contributed by atoms with Crippen molar-refractivity contribution in [2.75, 3.05) is 0 Å². The van der Waals surface area contributed by atoms with E-state index >= 15 is 0 Å². The summed E-state index contributed by atoms with van der Waals surface area (Å²) < 4.78 is 0. The van der Waals surface area contributed by atoms with E-state index < -0.39 is 5.97 Å². The maximum absolute atomic E-state index is 11.4. The molecule has 1 aromatic rings. The van der Waals surface area contributed by atoms with Crippen molar-refractivity contribution >= 4 is 12.2 Å². The number of carbonyl (C=O) groups excluding carboxylic acids is 1. The van der Waals surface area contributed by atoms with E-state index in [9.17, 15) is 4.79 Å². The number of allylic oxidation sites excluding steroid dienone is 4. The van der Waals surface area contributed by atoms with Gasteiger partial charge in [0.2, 0.25) is 0 Å². The zero-order valence-electron chi connectivity index (χ0n) is 9.04. The maximum atomic E-state index is 11.4. The van der Waals surface area contributed by atoms with Crippen LogP contribution in [-0.4, -0.2) is 12.2 Å². The van der Waals surface area contributed by atoms with Gasteiger partial charge in [-0.05, 0) is 25.1 Å². The second-order valence-corrected chi connectivity index (χ2v) is 2.91. The van der Waals surface area contributed by atoms with Gasteiger partial charge in [-0.2, -0.15) is 0 Å². The second-order valence-electron chi connectivity index (χ2n) is 2.91. The van der Waals surface area contributed by atoms with Crippen molar-refractivity contribution in [3.05, 3.63) is 60.2 Å². The van der Waals surface area contributed by atoms with Crippen LogP contribution < -0.4 is 0 Å². The molecule has 0 radical (unpaired) electrons. The van der Waals surface area contributed by atoms with E-state index in [1.54, 1.807) is 36.4 Å². The van der Waals surface area contributed by atoms with E-state index in [4.69, 9.17) is 0 Å². The summed E-state index contributed by atoms with van der Waals surface area (Å²) in [6.07, 6.45) is 8.63. The van der Waals surface area contributed by atoms with Crippen LogP contribution in [0.2, 0.25) is 0 Å². The molecule has 0 fully saturated rings. The fourth-order valence-electron chi connectivity index (χ4n) is 0.965. The summed E-state index contributed by atoms with van der Waals surface area (Å²) in [5.74, 6) is -0.462. The fraction of sp³-hybridized carbons (Fsp3) is 0.0769. The third-order valence-corrected chi connectivity index (χ3v) is 1.71. The molecule has 3 nitrogen and oxygen atoms in total. The van der Waals surface area contributed by atoms with Gasteiger partial charge in [-0.1, -0.05) is 41.6 Å². The van der Waals surface area contributed by atoms with Gasteiger partial charge in [-0.15, -0.1) is 0 Å². The average molecular weight is 215 g/mol. The number of hydrogen-bond acceptors (Lipinski definition) is 3. The third-order valence-electron chi connectivity index (χ3n) is 1.71. The predicted octanol–water partition coefficient (Wildman–Crippen LogP) is 2.96. The lowest BCUT2D eigenvalue weighted by Gasteiger charge is -1.95. The molecule has 0 atom stereocenters. The van der Waals surface area contributed by atoms with Crippen molar-refractivity contribution < 1.29 is 9.63 Å². The first-order chi connectivity index (χ1) is 7.84. The Morgan fingerprint density at radius 1 is 1.19 bits per heavy atom. The lowest BCUT2D eigenvalue weighted by atomic mass is 10.2. The zero-order valence-corrected chi connectivity index (χ0v) is 9.04. The molecule has 82 valence electrons. The molecule has 1 rings (SSSR count). The summed E-state index contributed by atoms with van der Waals surface area (Å²) in [6, 6.07) is 8.72. The molecule has 0 bridgehead atoms. The number of rotatable bonds is 4. The van der Waals surface area contributed by atoms with Crippen molar-refractivity contribution in [2.45, 2.75) is 6.92 Å². The number of hydrogen-bond donors (Lipinski definition) is 0. The van der Waals surface area contributed by atoms with Crippen LogP contribution in [0.4, 0.5) is 0 Å². The Balaban J connectivity index is 2.42. The molecule has 0 heterocycles. The highest BCUT2D eigenvalue weighted by Crippen LogP contribution is 2.00. The largest absolute Gasteiger partial charge is 0.365 e. The third kappa shape index (κ3) is 4.37. The molecule has 0 aliphatic heterocycles. The molecular weight excluding hydrogens is 202 g/mol. The summed E-state index contributed by atoms with van der Waals surface area (Å²) in [5.41, 5.74) is 0.483. The van der Waals surface area contributed by atoms with E-state index in [0.29, 0.717) is 5.56 Å². The van der Waals surface area contributed by atoms with Gasteiger partial charge < -0.3 is 4.84 Å². The van der Waals surface area contributed by atoms with Gasteiger partial charge >= 0.3 is 5.97 Å². The van der Waals surface area contributed by atoms with Crippen LogP contribution in [0.1, 0.15) is 17.3 Å². The van der Waals surface area contributed by atoms with Crippen molar-refractivity contribution in [3.63, 3.8) is 0 Å². The molecule has 0 unspecified atom stereocenters. The van der Waals surface area contributed by atoms with E-state index in [1.807, 2.05) is 25.1 Å². The lowest BCUT2D eigenvalue weighted by molar-refractivity contribution is 0.0519. The number of carbonyl (C=O) groups is 1. The molecule has 0 N–H and O–H groups in total. The van der Waals surface area contributed by atoms with Crippen molar-refractivity contribution in [1.29, 1.82) is 0 Å². The lowest BCUT2D eigenvalue weighted by Crippen LogP contribution is -1.99. The Labute approximate surface area is 94.7 Å². The zero-order chi connectivity index (χ0) is 11.6. The molecule has 0 saturated heterocycles. The average Bonchev–Trinajstić information content (AvgIpc) is 2.34. The van der Waals surface area contributed by atoms with Crippen LogP contribution in [0.15, 0.2) is 59.8 Å². The number of benzene rings is 1. The number of nitrogens with zero attached hydrogens (tertiary/aromatic N) is 1. The summed E-state index contributed by atoms with van der Waals surface area (Å²) >= 11 is 0. The smallest absolute Gasteiger partial charge is 0.313 e. The predicted molar refractivity (Wildman–Crippen MR) is 64.3 cm³/mol. The SMILES string of the molecule is C/C=C/C=C/C=N/OC(=O)c1ccccc1. The standard InChI is InChI=1S/C13H13NO2/c1-2-3-4-8-11-14-16-13(15)12-9-6-5-7-10-12/h2-11H,1H3/b3-2+,8-4+,14-11+. The van der Waals surface area contributed by atoms with Gasteiger partial charge in [0.15, 0.2) is 0 Å². The Morgan fingerprint density at radius 2 is 1.94 bits per heavy atom. The van der Waals surface area contributed by atoms with E-state index in [0.717, 1.165) is 0 Å². The number of oxime groups is 1. The van der Waals surface area contributed by atoms with Gasteiger partial charge in [-0.3, -0.25) is 0 Å². The first-order valence-electron chi connectivity index (χ1n) is 4.92. The van der Waals surface area contributed by atoms with Crippen LogP contribution in [0.5, 0.6) is 0 Å². The maximum Gasteiger partial charge on any atom is 0.365 e. The summed E-state index contributed by atoms with van der Waals surface area (Å²) in [7, 11) is 0. The van der Waals surface area contributed by atoms with E-state index in [1.165, 1.54) is 6.21 Å². The molecule has 0 spiro atoms. The monoisotopic (exact) mass is 215 g/mol. The van der Waals surface area contributed by atoms with Crippen LogP contribution in [0.25, 0.3) is 0 Å². The summed E-state index contributed by atoms with van der Waals surface area (Å²) in [5, 5.41) is 3.52. The van der Waals surface area contributed by atoms with Crippen molar-refractivity contribution in [2.24, 2.45) is 5.16 Å².